The van der Waals surface area contributed by atoms with Gasteiger partial charge in [0.15, 0.2) is 0 Å². The molecule has 0 heterocycles. The van der Waals surface area contributed by atoms with Crippen molar-refractivity contribution >= 4 is 26.0 Å². The number of rotatable bonds is 6. The second-order valence-electron chi connectivity index (χ2n) is 6.14. The fraction of sp³-hybridized carbons (Fsp3) is 0.333. The summed E-state index contributed by atoms with van der Waals surface area (Å²) in [5.74, 6) is 0.685. The van der Waals surface area contributed by atoms with Crippen LogP contribution in [0.4, 0.5) is 0 Å². The van der Waals surface area contributed by atoms with Crippen LogP contribution in [0.2, 0.25) is 0 Å². The Hall–Kier alpha value is -1.37. The average Bonchev–Trinajstić information content (AvgIpc) is 3.38. The maximum Gasteiger partial charge on any atom is 0.244 e. The topological polar surface area (TPSA) is 55.4 Å². The molecular formula is C18H20BrNO3S. The highest BCUT2D eigenvalue weighted by atomic mass is 79.9. The van der Waals surface area contributed by atoms with Crippen LogP contribution < -0.4 is 9.46 Å². The molecule has 0 aromatic heterocycles. The number of sulfonamides is 1. The number of nitrogens with one attached hydrogen (secondary N) is 1. The normalized spacial score (nSPS) is 16.0. The van der Waals surface area contributed by atoms with Crippen LogP contribution in [-0.4, -0.2) is 15.5 Å². The van der Waals surface area contributed by atoms with Crippen molar-refractivity contribution in [2.75, 3.05) is 7.11 Å². The average molecular weight is 410 g/mol. The first-order valence-corrected chi connectivity index (χ1v) is 10.1. The SMILES string of the molecule is COc1ccc(Br)cc1S(=O)(=O)N[C@H](c1ccc(C)cc1)C1CC1. The zero-order valence-corrected chi connectivity index (χ0v) is 16.0. The Morgan fingerprint density at radius 2 is 1.83 bits per heavy atom. The lowest BCUT2D eigenvalue weighted by molar-refractivity contribution is 0.401. The second kappa shape index (κ2) is 6.86. The lowest BCUT2D eigenvalue weighted by Gasteiger charge is -2.20. The minimum atomic E-state index is -3.69. The molecule has 4 nitrogen and oxygen atoms in total. The summed E-state index contributed by atoms with van der Waals surface area (Å²) >= 11 is 3.33. The minimum Gasteiger partial charge on any atom is -0.495 e. The zero-order valence-electron chi connectivity index (χ0n) is 13.6. The Labute approximate surface area is 151 Å². The molecule has 1 aliphatic carbocycles. The van der Waals surface area contributed by atoms with E-state index >= 15 is 0 Å². The van der Waals surface area contributed by atoms with Crippen LogP contribution in [-0.2, 0) is 10.0 Å². The summed E-state index contributed by atoms with van der Waals surface area (Å²) in [5, 5.41) is 0. The van der Waals surface area contributed by atoms with E-state index in [2.05, 4.69) is 20.7 Å². The summed E-state index contributed by atoms with van der Waals surface area (Å²) in [6, 6.07) is 12.8. The molecule has 1 aliphatic rings. The van der Waals surface area contributed by atoms with Crippen LogP contribution in [0.3, 0.4) is 0 Å². The van der Waals surface area contributed by atoms with Crippen LogP contribution in [0, 0.1) is 12.8 Å². The fourth-order valence-corrected chi connectivity index (χ4v) is 4.73. The molecule has 0 spiro atoms. The number of ether oxygens (including phenoxy) is 1. The Kier molecular flexibility index (Phi) is 4.99. The molecular weight excluding hydrogens is 390 g/mol. The number of methoxy groups -OCH3 is 1. The van der Waals surface area contributed by atoms with Crippen molar-refractivity contribution in [3.05, 3.63) is 58.1 Å². The number of hydrogen-bond acceptors (Lipinski definition) is 3. The summed E-state index contributed by atoms with van der Waals surface area (Å²) in [6.07, 6.45) is 2.08. The fourth-order valence-electron chi connectivity index (χ4n) is 2.73. The summed E-state index contributed by atoms with van der Waals surface area (Å²) in [5.41, 5.74) is 2.16. The monoisotopic (exact) mass is 409 g/mol. The van der Waals surface area contributed by atoms with Crippen LogP contribution in [0.25, 0.3) is 0 Å². The molecule has 1 N–H and O–H groups in total. The van der Waals surface area contributed by atoms with Crippen molar-refractivity contribution in [2.45, 2.75) is 30.7 Å². The van der Waals surface area contributed by atoms with E-state index < -0.39 is 10.0 Å². The van der Waals surface area contributed by atoms with Gasteiger partial charge in [-0.1, -0.05) is 45.8 Å². The Bertz CT molecular complexity index is 830. The molecule has 24 heavy (non-hydrogen) atoms. The van der Waals surface area contributed by atoms with E-state index in [1.165, 1.54) is 7.11 Å². The Morgan fingerprint density at radius 1 is 1.17 bits per heavy atom. The van der Waals surface area contributed by atoms with Crippen molar-refractivity contribution < 1.29 is 13.2 Å². The maximum absolute atomic E-state index is 12.9. The largest absolute Gasteiger partial charge is 0.495 e. The van der Waals surface area contributed by atoms with Gasteiger partial charge in [-0.05, 0) is 49.4 Å². The summed E-state index contributed by atoms with van der Waals surface area (Å²) in [6.45, 7) is 2.02. The van der Waals surface area contributed by atoms with Gasteiger partial charge in [0.2, 0.25) is 10.0 Å². The highest BCUT2D eigenvalue weighted by Crippen LogP contribution is 2.42. The first-order chi connectivity index (χ1) is 11.4. The number of hydrogen-bond donors (Lipinski definition) is 1. The molecule has 0 radical (unpaired) electrons. The van der Waals surface area contributed by atoms with Crippen molar-refractivity contribution in [1.82, 2.24) is 4.72 Å². The van der Waals surface area contributed by atoms with E-state index in [1.807, 2.05) is 31.2 Å². The Balaban J connectivity index is 1.94. The number of aryl methyl sites for hydroxylation is 1. The van der Waals surface area contributed by atoms with Crippen molar-refractivity contribution in [3.8, 4) is 5.75 Å². The van der Waals surface area contributed by atoms with Crippen LogP contribution in [0.1, 0.15) is 30.0 Å². The van der Waals surface area contributed by atoms with Crippen LogP contribution in [0.5, 0.6) is 5.75 Å². The van der Waals surface area contributed by atoms with Gasteiger partial charge in [0, 0.05) is 10.5 Å². The third kappa shape index (κ3) is 3.82. The van der Waals surface area contributed by atoms with Crippen LogP contribution in [0.15, 0.2) is 51.8 Å². The molecule has 6 heteroatoms. The highest BCUT2D eigenvalue weighted by Gasteiger charge is 2.36. The lowest BCUT2D eigenvalue weighted by Crippen LogP contribution is -2.30. The van der Waals surface area contributed by atoms with Gasteiger partial charge in [-0.25, -0.2) is 13.1 Å². The molecule has 0 amide bonds. The van der Waals surface area contributed by atoms with E-state index in [0.717, 1.165) is 24.0 Å². The van der Waals surface area contributed by atoms with Gasteiger partial charge in [0.1, 0.15) is 10.6 Å². The number of benzene rings is 2. The highest BCUT2D eigenvalue weighted by molar-refractivity contribution is 9.10. The third-order valence-electron chi connectivity index (χ3n) is 4.23. The van der Waals surface area contributed by atoms with Gasteiger partial charge in [-0.15, -0.1) is 0 Å². The van der Waals surface area contributed by atoms with E-state index in [-0.39, 0.29) is 10.9 Å². The standard InChI is InChI=1S/C18H20BrNO3S/c1-12-3-5-13(6-4-12)18(14-7-8-14)20-24(21,22)17-11-15(19)9-10-16(17)23-2/h3-6,9-11,14,18,20H,7-8H2,1-2H3/t18-/m1/s1. The van der Waals surface area contributed by atoms with Gasteiger partial charge in [-0.2, -0.15) is 0 Å². The molecule has 2 aromatic rings. The summed E-state index contributed by atoms with van der Waals surface area (Å²) in [4.78, 5) is 0.150. The molecule has 0 saturated heterocycles. The molecule has 1 fully saturated rings. The predicted octanol–water partition coefficient (Wildman–Crippen LogP) is 4.20. The van der Waals surface area contributed by atoms with Gasteiger partial charge in [0.05, 0.1) is 7.11 Å². The molecule has 0 aliphatic heterocycles. The van der Waals surface area contributed by atoms with E-state index in [4.69, 9.17) is 4.74 Å². The van der Waals surface area contributed by atoms with Crippen molar-refractivity contribution in [2.24, 2.45) is 5.92 Å². The summed E-state index contributed by atoms with van der Waals surface area (Å²) in [7, 11) is -2.22. The minimum absolute atomic E-state index is 0.150. The molecule has 3 rings (SSSR count). The van der Waals surface area contributed by atoms with Gasteiger partial charge in [-0.3, -0.25) is 0 Å². The lowest BCUT2D eigenvalue weighted by atomic mass is 10.0. The van der Waals surface area contributed by atoms with Crippen molar-refractivity contribution in [1.29, 1.82) is 0 Å². The van der Waals surface area contributed by atoms with E-state index in [0.29, 0.717) is 16.1 Å². The molecule has 0 unspecified atom stereocenters. The first-order valence-electron chi connectivity index (χ1n) is 7.83. The third-order valence-corrected chi connectivity index (χ3v) is 6.18. The Morgan fingerprint density at radius 3 is 2.42 bits per heavy atom. The van der Waals surface area contributed by atoms with Crippen molar-refractivity contribution in [3.63, 3.8) is 0 Å². The smallest absolute Gasteiger partial charge is 0.244 e. The maximum atomic E-state index is 12.9. The van der Waals surface area contributed by atoms with Gasteiger partial charge >= 0.3 is 0 Å². The van der Waals surface area contributed by atoms with E-state index in [9.17, 15) is 8.42 Å². The molecule has 1 atom stereocenters. The second-order valence-corrected chi connectivity index (χ2v) is 8.74. The van der Waals surface area contributed by atoms with E-state index in [1.54, 1.807) is 18.2 Å². The zero-order chi connectivity index (χ0) is 17.3. The molecule has 0 bridgehead atoms. The van der Waals surface area contributed by atoms with Gasteiger partial charge < -0.3 is 4.74 Å². The summed E-state index contributed by atoms with van der Waals surface area (Å²) < 4.78 is 34.7. The quantitative estimate of drug-likeness (QED) is 0.777. The van der Waals surface area contributed by atoms with Gasteiger partial charge in [0.25, 0.3) is 0 Å². The van der Waals surface area contributed by atoms with Crippen LogP contribution >= 0.6 is 15.9 Å². The predicted molar refractivity (Wildman–Crippen MR) is 97.7 cm³/mol. The molecule has 1 saturated carbocycles. The molecule has 2 aromatic carbocycles. The first kappa shape index (κ1) is 17.5. The molecule has 128 valence electrons. The number of halogens is 1.